The van der Waals surface area contributed by atoms with Gasteiger partial charge in [-0.2, -0.15) is 0 Å². The van der Waals surface area contributed by atoms with Gasteiger partial charge >= 0.3 is 0 Å². The zero-order chi connectivity index (χ0) is 37.5. The van der Waals surface area contributed by atoms with Crippen LogP contribution < -0.4 is 10.1 Å². The first-order chi connectivity index (χ1) is 28.2. The van der Waals surface area contributed by atoms with E-state index in [2.05, 4.69) is 187 Å². The van der Waals surface area contributed by atoms with Gasteiger partial charge in [0, 0.05) is 22.3 Å². The maximum atomic E-state index is 6.76. The minimum Gasteiger partial charge on any atom is -0.457 e. The quantitative estimate of drug-likeness (QED) is 0.196. The van der Waals surface area contributed by atoms with Crippen LogP contribution in [0.5, 0.6) is 11.5 Å². The lowest BCUT2D eigenvalue weighted by Gasteiger charge is -2.39. The molecule has 1 spiro atoms. The highest BCUT2D eigenvalue weighted by Crippen LogP contribution is 2.62. The Hall–Kier alpha value is -7.30. The Labute approximate surface area is 331 Å². The summed E-state index contributed by atoms with van der Waals surface area (Å²) in [5.74, 6) is 3.24. The average molecular weight is 730 g/mol. The molecule has 0 bridgehead atoms. The Balaban J connectivity index is 1.05. The molecule has 12 rings (SSSR count). The lowest BCUT2D eigenvalue weighted by molar-refractivity contribution is 0.436. The van der Waals surface area contributed by atoms with Crippen LogP contribution in [0.1, 0.15) is 56.2 Å². The highest BCUT2D eigenvalue weighted by Gasteiger charge is 2.51. The summed E-state index contributed by atoms with van der Waals surface area (Å²) in [5, 5.41) is 6.28. The molecule has 0 aromatic heterocycles. The summed E-state index contributed by atoms with van der Waals surface area (Å²) in [4.78, 5) is 10.7. The van der Waals surface area contributed by atoms with Gasteiger partial charge in [0.1, 0.15) is 23.5 Å². The van der Waals surface area contributed by atoms with Crippen molar-refractivity contribution in [1.82, 2.24) is 5.32 Å². The van der Waals surface area contributed by atoms with Gasteiger partial charge < -0.3 is 10.1 Å². The van der Waals surface area contributed by atoms with Gasteiger partial charge in [-0.1, -0.05) is 158 Å². The van der Waals surface area contributed by atoms with E-state index in [1.165, 1.54) is 44.2 Å². The fraction of sp³-hybridized carbons (Fsp3) is 0.0566. The number of hydrogen-bond acceptors (Lipinski definition) is 4. The molecular weight excluding hydrogens is 695 g/mol. The Morgan fingerprint density at radius 2 is 1.23 bits per heavy atom. The zero-order valence-corrected chi connectivity index (χ0v) is 31.0. The highest BCUT2D eigenvalue weighted by molar-refractivity contribution is 6.15. The minimum atomic E-state index is -0.553. The van der Waals surface area contributed by atoms with E-state index in [-0.39, 0.29) is 6.17 Å². The van der Waals surface area contributed by atoms with E-state index in [0.29, 0.717) is 5.84 Å². The van der Waals surface area contributed by atoms with Crippen molar-refractivity contribution in [2.75, 3.05) is 0 Å². The number of amidine groups is 2. The second-order valence-corrected chi connectivity index (χ2v) is 15.3. The van der Waals surface area contributed by atoms with Crippen molar-refractivity contribution in [2.24, 2.45) is 9.98 Å². The SMILES string of the molecule is C1=Cc2cc(C3N=C(c4ccccc4-c4ccc5c(c4)C4(c6ccccc6O5)c5ccccc5-c5ccccc54)N=C(c4ccccc4)N3)cc3cccc(c23)C1. The number of ether oxygens (including phenoxy) is 1. The zero-order valence-electron chi connectivity index (χ0n) is 31.0. The van der Waals surface area contributed by atoms with Crippen LogP contribution >= 0.6 is 0 Å². The molecule has 57 heavy (non-hydrogen) atoms. The number of nitrogens with one attached hydrogen (secondary N) is 1. The lowest BCUT2D eigenvalue weighted by Crippen LogP contribution is -2.33. The van der Waals surface area contributed by atoms with E-state index in [4.69, 9.17) is 14.7 Å². The maximum absolute atomic E-state index is 6.76. The molecule has 4 aliphatic rings. The number of rotatable bonds is 4. The van der Waals surface area contributed by atoms with Crippen LogP contribution in [0.15, 0.2) is 192 Å². The third-order valence-corrected chi connectivity index (χ3v) is 12.2. The fourth-order valence-corrected chi connectivity index (χ4v) is 9.77. The van der Waals surface area contributed by atoms with E-state index in [0.717, 1.165) is 62.7 Å². The molecular formula is C53H35N3O. The molecule has 4 nitrogen and oxygen atoms in total. The van der Waals surface area contributed by atoms with Crippen molar-refractivity contribution in [3.63, 3.8) is 0 Å². The number of aliphatic imine (C=N–C) groups is 2. The highest BCUT2D eigenvalue weighted by atomic mass is 16.5. The molecule has 8 aromatic carbocycles. The van der Waals surface area contributed by atoms with Crippen molar-refractivity contribution < 1.29 is 4.74 Å². The molecule has 1 atom stereocenters. The van der Waals surface area contributed by atoms with Crippen LogP contribution in [0.25, 0.3) is 39.1 Å². The molecule has 268 valence electrons. The van der Waals surface area contributed by atoms with Crippen LogP contribution in [0.2, 0.25) is 0 Å². The summed E-state index contributed by atoms with van der Waals surface area (Å²) in [7, 11) is 0. The minimum absolute atomic E-state index is 0.344. The van der Waals surface area contributed by atoms with Gasteiger partial charge in [0.2, 0.25) is 0 Å². The van der Waals surface area contributed by atoms with Crippen LogP contribution in [0.3, 0.4) is 0 Å². The molecule has 0 amide bonds. The molecule has 0 radical (unpaired) electrons. The van der Waals surface area contributed by atoms with Crippen molar-refractivity contribution in [1.29, 1.82) is 0 Å². The standard InChI is InChI=1S/C53H35N3O/c1-2-14-34(15-3-1)50-54-51(38-30-36-18-12-16-33-17-13-19-37(31-38)49(33)36)56-52(55-50)42-23-5-4-20-39(42)35-28-29-48-46(32-35)53(45-26-10-11-27-47(45)57-48)43-24-8-6-21-40(43)41-22-7-9-25-44(41)53/h1-16,18-32,51H,17H2,(H,54,55,56). The van der Waals surface area contributed by atoms with Gasteiger partial charge in [-0.3, -0.25) is 0 Å². The van der Waals surface area contributed by atoms with Crippen molar-refractivity contribution in [3.05, 3.63) is 232 Å². The maximum Gasteiger partial charge on any atom is 0.160 e. The number of allylic oxidation sites excluding steroid dienone is 1. The van der Waals surface area contributed by atoms with E-state index >= 15 is 0 Å². The number of fused-ring (bicyclic) bond motifs is 9. The Kier molecular flexibility index (Phi) is 6.93. The van der Waals surface area contributed by atoms with E-state index in [1.54, 1.807) is 0 Å². The number of hydrogen-bond donors (Lipinski definition) is 1. The second-order valence-electron chi connectivity index (χ2n) is 15.3. The summed E-state index contributed by atoms with van der Waals surface area (Å²) < 4.78 is 6.76. The molecule has 8 aromatic rings. The molecule has 4 heteroatoms. The van der Waals surface area contributed by atoms with Gasteiger partial charge in [-0.25, -0.2) is 9.98 Å². The number of para-hydroxylation sites is 1. The van der Waals surface area contributed by atoms with Crippen molar-refractivity contribution in [3.8, 4) is 33.8 Å². The average Bonchev–Trinajstić information content (AvgIpc) is 3.57. The lowest BCUT2D eigenvalue weighted by atomic mass is 9.65. The summed E-state index contributed by atoms with van der Waals surface area (Å²) in [6, 6.07) is 63.0. The van der Waals surface area contributed by atoms with Gasteiger partial charge in [0.05, 0.1) is 5.41 Å². The normalized spacial score (nSPS) is 16.4. The van der Waals surface area contributed by atoms with E-state index < -0.39 is 5.41 Å². The van der Waals surface area contributed by atoms with E-state index in [1.807, 2.05) is 6.07 Å². The first-order valence-corrected chi connectivity index (χ1v) is 19.7. The monoisotopic (exact) mass is 729 g/mol. The van der Waals surface area contributed by atoms with Gasteiger partial charge in [-0.05, 0) is 97.6 Å². The van der Waals surface area contributed by atoms with Gasteiger partial charge in [-0.15, -0.1) is 0 Å². The fourth-order valence-electron chi connectivity index (χ4n) is 9.77. The summed E-state index contributed by atoms with van der Waals surface area (Å²) in [6.07, 6.45) is 5.12. The summed E-state index contributed by atoms with van der Waals surface area (Å²) >= 11 is 0. The smallest absolute Gasteiger partial charge is 0.160 e. The van der Waals surface area contributed by atoms with Crippen LogP contribution in [-0.4, -0.2) is 11.7 Å². The van der Waals surface area contributed by atoms with Crippen molar-refractivity contribution >= 4 is 28.5 Å². The number of benzene rings is 8. The first kappa shape index (κ1) is 32.0. The predicted octanol–water partition coefficient (Wildman–Crippen LogP) is 12.0. The first-order valence-electron chi connectivity index (χ1n) is 19.7. The molecule has 2 aliphatic carbocycles. The van der Waals surface area contributed by atoms with Crippen LogP contribution in [0, 0.1) is 0 Å². The predicted molar refractivity (Wildman–Crippen MR) is 231 cm³/mol. The molecule has 1 N–H and O–H groups in total. The Bertz CT molecular complexity index is 3020. The molecule has 2 heterocycles. The summed E-state index contributed by atoms with van der Waals surface area (Å²) in [6.45, 7) is 0. The third-order valence-electron chi connectivity index (χ3n) is 12.2. The van der Waals surface area contributed by atoms with Crippen LogP contribution in [0.4, 0.5) is 0 Å². The topological polar surface area (TPSA) is 46.0 Å². The van der Waals surface area contributed by atoms with E-state index in [9.17, 15) is 0 Å². The van der Waals surface area contributed by atoms with Crippen molar-refractivity contribution in [2.45, 2.75) is 18.0 Å². The molecule has 2 aliphatic heterocycles. The molecule has 0 saturated carbocycles. The van der Waals surface area contributed by atoms with Crippen LogP contribution in [-0.2, 0) is 11.8 Å². The van der Waals surface area contributed by atoms with Gasteiger partial charge in [0.15, 0.2) is 5.84 Å². The molecule has 0 fully saturated rings. The Morgan fingerprint density at radius 3 is 2.04 bits per heavy atom. The summed E-state index contributed by atoms with van der Waals surface area (Å²) in [5.41, 5.74) is 14.6. The number of nitrogens with zero attached hydrogens (tertiary/aromatic N) is 2. The third kappa shape index (κ3) is 4.74. The van der Waals surface area contributed by atoms with Gasteiger partial charge in [0.25, 0.3) is 0 Å². The molecule has 0 saturated heterocycles. The molecule has 1 unspecified atom stereocenters. The largest absolute Gasteiger partial charge is 0.457 e. The second kappa shape index (κ2) is 12.4. The Morgan fingerprint density at radius 1 is 0.544 bits per heavy atom.